The summed E-state index contributed by atoms with van der Waals surface area (Å²) < 4.78 is 6.36. The van der Waals surface area contributed by atoms with E-state index in [1.54, 1.807) is 12.1 Å². The van der Waals surface area contributed by atoms with Crippen molar-refractivity contribution in [3.8, 4) is 5.75 Å². The Bertz CT molecular complexity index is 1190. The summed E-state index contributed by atoms with van der Waals surface area (Å²) in [7, 11) is -1.72. The molecule has 8 nitrogen and oxygen atoms in total. The summed E-state index contributed by atoms with van der Waals surface area (Å²) in [5.74, 6) is -4.22. The molecule has 2 aromatic carbocycles. The van der Waals surface area contributed by atoms with Crippen LogP contribution in [0.5, 0.6) is 5.75 Å². The smallest absolute Gasteiger partial charge is 0.488 e. The van der Waals surface area contributed by atoms with Crippen molar-refractivity contribution in [2.75, 3.05) is 4.90 Å². The van der Waals surface area contributed by atoms with Gasteiger partial charge in [0.25, 0.3) is 0 Å². The van der Waals surface area contributed by atoms with Crippen LogP contribution in [0.25, 0.3) is 0 Å². The third-order valence-corrected chi connectivity index (χ3v) is 8.31. The average molecular weight is 493 g/mol. The monoisotopic (exact) mass is 493 g/mol. The topological polar surface area (TPSA) is 128 Å². The fourth-order valence-electron chi connectivity index (χ4n) is 6.62. The molecule has 2 aliphatic heterocycles. The van der Waals surface area contributed by atoms with Crippen LogP contribution in [0.4, 0.5) is 5.69 Å². The molecule has 3 fully saturated rings. The van der Waals surface area contributed by atoms with Crippen LogP contribution >= 0.6 is 0 Å². The van der Waals surface area contributed by atoms with Crippen molar-refractivity contribution in [3.63, 3.8) is 0 Å². The van der Waals surface area contributed by atoms with Gasteiger partial charge in [-0.3, -0.25) is 14.5 Å². The number of nitrogens with zero attached hydrogens (tertiary/aromatic N) is 1. The van der Waals surface area contributed by atoms with Crippen molar-refractivity contribution in [3.05, 3.63) is 53.1 Å². The van der Waals surface area contributed by atoms with E-state index in [0.29, 0.717) is 36.1 Å². The molecule has 3 aliphatic rings. The Labute approximate surface area is 210 Å². The minimum absolute atomic E-state index is 0.186. The lowest BCUT2D eigenvalue weighted by Crippen LogP contribution is -2.53. The van der Waals surface area contributed by atoms with Gasteiger partial charge < -0.3 is 25.0 Å². The number of hydrogen-bond acceptors (Lipinski definition) is 7. The van der Waals surface area contributed by atoms with Crippen molar-refractivity contribution >= 4 is 30.1 Å². The number of anilines is 1. The van der Waals surface area contributed by atoms with Crippen molar-refractivity contribution in [1.29, 1.82) is 0 Å². The Morgan fingerprint density at radius 2 is 1.78 bits per heavy atom. The number of benzene rings is 2. The van der Waals surface area contributed by atoms with Gasteiger partial charge in [0, 0.05) is 11.8 Å². The lowest BCUT2D eigenvalue weighted by molar-refractivity contribution is -0.270. The van der Waals surface area contributed by atoms with Gasteiger partial charge in [-0.1, -0.05) is 25.5 Å². The third kappa shape index (κ3) is 3.77. The molecule has 0 unspecified atom stereocenters. The van der Waals surface area contributed by atoms with E-state index in [4.69, 9.17) is 4.74 Å². The predicted octanol–water partition coefficient (Wildman–Crippen LogP) is 2.08. The number of ether oxygens (including phenoxy) is 1. The number of rotatable bonds is 5. The molecule has 6 atom stereocenters. The van der Waals surface area contributed by atoms with Gasteiger partial charge >= 0.3 is 7.12 Å². The number of phenolic OH excluding ortho intramolecular Hbond substituents is 1. The van der Waals surface area contributed by atoms with Crippen LogP contribution < -0.4 is 10.4 Å². The van der Waals surface area contributed by atoms with Crippen LogP contribution in [-0.4, -0.2) is 45.0 Å². The van der Waals surface area contributed by atoms with Crippen LogP contribution in [-0.2, 0) is 14.3 Å². The maximum absolute atomic E-state index is 13.8. The van der Waals surface area contributed by atoms with Gasteiger partial charge in [-0.05, 0) is 79.5 Å². The largest absolute Gasteiger partial charge is 0.507 e. The number of aliphatic hydroxyl groups is 1. The van der Waals surface area contributed by atoms with Crippen molar-refractivity contribution < 1.29 is 34.6 Å². The second kappa shape index (κ2) is 8.99. The summed E-state index contributed by atoms with van der Waals surface area (Å²) in [5, 5.41) is 41.3. The Balaban J connectivity index is 1.53. The van der Waals surface area contributed by atoms with Crippen molar-refractivity contribution in [2.24, 2.45) is 23.7 Å². The lowest BCUT2D eigenvalue weighted by atomic mass is 9.63. The zero-order valence-corrected chi connectivity index (χ0v) is 20.7. The molecule has 0 spiro atoms. The van der Waals surface area contributed by atoms with Gasteiger partial charge in [0.15, 0.2) is 5.79 Å². The van der Waals surface area contributed by atoms with Crippen LogP contribution in [0.3, 0.4) is 0 Å². The number of imide groups is 1. The summed E-state index contributed by atoms with van der Waals surface area (Å²) >= 11 is 0. The number of amides is 2. The number of carbonyl (C=O) groups excluding carboxylic acids is 2. The summed E-state index contributed by atoms with van der Waals surface area (Å²) in [6, 6.07) is 9.82. The molecule has 2 amide bonds. The fourth-order valence-corrected chi connectivity index (χ4v) is 6.62. The van der Waals surface area contributed by atoms with Gasteiger partial charge in [-0.2, -0.15) is 0 Å². The molecule has 0 aromatic heterocycles. The SMILES string of the molecule is CCC[C@H]1C[C@@H]2C(=O)N(c3cccc(B(O)O)c3)C(=O)[C@@H]2[C@@H]2C[C@@H](c3cc(C)c(O)c(C)c3)O[C@]12O. The molecule has 36 heavy (non-hydrogen) atoms. The van der Waals surface area contributed by atoms with Crippen molar-refractivity contribution in [1.82, 2.24) is 0 Å². The Morgan fingerprint density at radius 3 is 2.42 bits per heavy atom. The van der Waals surface area contributed by atoms with E-state index in [2.05, 4.69) is 0 Å². The molecule has 5 rings (SSSR count). The second-order valence-corrected chi connectivity index (χ2v) is 10.5. The number of aryl methyl sites for hydroxylation is 2. The highest BCUT2D eigenvalue weighted by Gasteiger charge is 2.66. The molecule has 190 valence electrons. The molecular weight excluding hydrogens is 461 g/mol. The van der Waals surface area contributed by atoms with Gasteiger partial charge in [0.05, 0.1) is 23.6 Å². The highest BCUT2D eigenvalue weighted by Crippen LogP contribution is 2.59. The zero-order chi connectivity index (χ0) is 25.9. The zero-order valence-electron chi connectivity index (χ0n) is 20.7. The van der Waals surface area contributed by atoms with Gasteiger partial charge in [-0.15, -0.1) is 0 Å². The second-order valence-electron chi connectivity index (χ2n) is 10.5. The van der Waals surface area contributed by atoms with E-state index >= 15 is 0 Å². The summed E-state index contributed by atoms with van der Waals surface area (Å²) in [6.07, 6.45) is 1.70. The maximum Gasteiger partial charge on any atom is 0.488 e. The minimum Gasteiger partial charge on any atom is -0.507 e. The summed E-state index contributed by atoms with van der Waals surface area (Å²) in [4.78, 5) is 28.5. The number of carbonyl (C=O) groups is 2. The molecule has 1 saturated carbocycles. The van der Waals surface area contributed by atoms with Crippen LogP contribution in [0, 0.1) is 37.5 Å². The number of phenols is 1. The molecule has 2 saturated heterocycles. The molecule has 2 heterocycles. The Morgan fingerprint density at radius 1 is 1.08 bits per heavy atom. The number of aromatic hydroxyl groups is 1. The average Bonchev–Trinajstić information content (AvgIpc) is 3.32. The van der Waals surface area contributed by atoms with E-state index < -0.39 is 42.7 Å². The first kappa shape index (κ1) is 25.0. The van der Waals surface area contributed by atoms with E-state index in [1.165, 1.54) is 12.1 Å². The normalized spacial score (nSPS) is 31.5. The maximum atomic E-state index is 13.8. The van der Waals surface area contributed by atoms with Crippen LogP contribution in [0.15, 0.2) is 36.4 Å². The number of hydrogen-bond donors (Lipinski definition) is 4. The first-order chi connectivity index (χ1) is 17.1. The summed E-state index contributed by atoms with van der Waals surface area (Å²) in [6.45, 7) is 5.64. The van der Waals surface area contributed by atoms with E-state index in [-0.39, 0.29) is 23.0 Å². The number of fused-ring (bicyclic) bond motifs is 3. The molecule has 4 N–H and O–H groups in total. The van der Waals surface area contributed by atoms with Crippen LogP contribution in [0.1, 0.15) is 55.4 Å². The van der Waals surface area contributed by atoms with E-state index in [9.17, 15) is 29.9 Å². The molecule has 0 radical (unpaired) electrons. The van der Waals surface area contributed by atoms with Crippen molar-refractivity contribution in [2.45, 2.75) is 58.3 Å². The first-order valence-electron chi connectivity index (χ1n) is 12.6. The Hall–Kier alpha value is -2.72. The van der Waals surface area contributed by atoms with Gasteiger partial charge in [0.1, 0.15) is 5.75 Å². The summed E-state index contributed by atoms with van der Waals surface area (Å²) in [5.41, 5.74) is 2.73. The predicted molar refractivity (Wildman–Crippen MR) is 133 cm³/mol. The molecule has 2 aromatic rings. The highest BCUT2D eigenvalue weighted by molar-refractivity contribution is 6.58. The van der Waals surface area contributed by atoms with E-state index in [1.807, 2.05) is 32.9 Å². The van der Waals surface area contributed by atoms with E-state index in [0.717, 1.165) is 16.9 Å². The highest BCUT2D eigenvalue weighted by atomic mass is 16.6. The lowest BCUT2D eigenvalue weighted by Gasteiger charge is -2.44. The standard InChI is InChI=1S/C27H32BNO7/c1-4-6-17-11-20-23(26(32)29(25(20)31)19-8-5-7-18(12-19)28(34)35)21-13-22(36-27(17,21)33)16-9-14(2)24(30)15(3)10-16/h5,7-10,12,17,20-23,30,33-35H,4,6,11,13H2,1-3H3/t17-,20-,21-,22-,23-,27+/m0/s1. The third-order valence-electron chi connectivity index (χ3n) is 8.31. The molecule has 1 aliphatic carbocycles. The fraction of sp³-hybridized carbons (Fsp3) is 0.481. The van der Waals surface area contributed by atoms with Crippen LogP contribution in [0.2, 0.25) is 0 Å². The van der Waals surface area contributed by atoms with Gasteiger partial charge in [0.2, 0.25) is 11.8 Å². The minimum atomic E-state index is -1.72. The first-order valence-corrected chi connectivity index (χ1v) is 12.6. The van der Waals surface area contributed by atoms with Gasteiger partial charge in [-0.25, -0.2) is 0 Å². The quantitative estimate of drug-likeness (QED) is 0.371. The molecular formula is C27H32BNO7. The molecule has 0 bridgehead atoms. The Kier molecular flexibility index (Phi) is 6.23. The molecule has 9 heteroatoms.